The maximum absolute atomic E-state index is 12.9. The minimum absolute atomic E-state index is 0.0267. The van der Waals surface area contributed by atoms with E-state index in [2.05, 4.69) is 5.32 Å². The first-order chi connectivity index (χ1) is 10.8. The van der Waals surface area contributed by atoms with Crippen molar-refractivity contribution in [2.24, 2.45) is 5.92 Å². The third kappa shape index (κ3) is 4.34. The van der Waals surface area contributed by atoms with Gasteiger partial charge < -0.3 is 5.32 Å². The Morgan fingerprint density at radius 3 is 2.39 bits per heavy atom. The van der Waals surface area contributed by atoms with Crippen LogP contribution in [0.3, 0.4) is 0 Å². The summed E-state index contributed by atoms with van der Waals surface area (Å²) in [6, 6.07) is 9.94. The highest BCUT2D eigenvalue weighted by Gasteiger charge is 2.30. The zero-order valence-corrected chi connectivity index (χ0v) is 15.2. The number of nitrogens with one attached hydrogen (secondary N) is 1. The minimum atomic E-state index is -3.58. The fraction of sp³-hybridized carbons (Fsp3) is 0.312. The molecule has 1 heterocycles. The van der Waals surface area contributed by atoms with E-state index in [0.29, 0.717) is 10.6 Å². The number of hydrogen-bond acceptors (Lipinski definition) is 4. The summed E-state index contributed by atoms with van der Waals surface area (Å²) in [7, 11) is -3.58. The maximum Gasteiger partial charge on any atom is 0.222 e. The molecule has 1 N–H and O–H groups in total. The lowest BCUT2D eigenvalue weighted by molar-refractivity contribution is -0.123. The highest BCUT2D eigenvalue weighted by atomic mass is 35.5. The second-order valence-corrected chi connectivity index (χ2v) is 9.16. The Kier molecular flexibility index (Phi) is 5.84. The van der Waals surface area contributed by atoms with Gasteiger partial charge in [0.05, 0.1) is 0 Å². The molecule has 124 valence electrons. The summed E-state index contributed by atoms with van der Waals surface area (Å²) < 4.78 is 26.1. The summed E-state index contributed by atoms with van der Waals surface area (Å²) in [5, 5.41) is 4.13. The molecule has 0 spiro atoms. The van der Waals surface area contributed by atoms with Crippen LogP contribution in [-0.2, 0) is 14.6 Å². The van der Waals surface area contributed by atoms with Crippen LogP contribution in [0.4, 0.5) is 0 Å². The molecule has 2 rings (SSSR count). The van der Waals surface area contributed by atoms with E-state index in [-0.39, 0.29) is 22.6 Å². The fourth-order valence-electron chi connectivity index (χ4n) is 2.05. The van der Waals surface area contributed by atoms with E-state index < -0.39 is 15.1 Å². The normalized spacial score (nSPS) is 13.0. The number of hydrogen-bond donors (Lipinski definition) is 1. The van der Waals surface area contributed by atoms with Gasteiger partial charge in [-0.25, -0.2) is 8.42 Å². The summed E-state index contributed by atoms with van der Waals surface area (Å²) in [5.74, 6) is -0.379. The average molecular weight is 372 g/mol. The number of halogens is 1. The molecule has 2 aromatic rings. The molecular formula is C16H18ClNO3S2. The lowest BCUT2D eigenvalue weighted by Gasteiger charge is -2.19. The highest BCUT2D eigenvalue weighted by Crippen LogP contribution is 2.31. The number of amides is 1. The Morgan fingerprint density at radius 2 is 1.87 bits per heavy atom. The monoisotopic (exact) mass is 371 g/mol. The van der Waals surface area contributed by atoms with Crippen LogP contribution in [0.2, 0.25) is 5.02 Å². The first-order valence-corrected chi connectivity index (χ1v) is 9.93. The molecule has 1 aromatic carbocycles. The van der Waals surface area contributed by atoms with E-state index in [1.807, 2.05) is 0 Å². The van der Waals surface area contributed by atoms with Crippen LogP contribution in [0.15, 0.2) is 46.0 Å². The summed E-state index contributed by atoms with van der Waals surface area (Å²) in [4.78, 5) is 11.8. The third-order valence-corrected chi connectivity index (χ3v) is 7.16. The van der Waals surface area contributed by atoms with Crippen molar-refractivity contribution in [2.45, 2.75) is 23.3 Å². The van der Waals surface area contributed by atoms with E-state index in [1.165, 1.54) is 11.3 Å². The number of benzene rings is 1. The van der Waals surface area contributed by atoms with Crippen molar-refractivity contribution >= 4 is 38.7 Å². The van der Waals surface area contributed by atoms with Gasteiger partial charge in [-0.1, -0.05) is 43.6 Å². The molecule has 1 atom stereocenters. The number of rotatable bonds is 6. The first kappa shape index (κ1) is 18.0. The number of sulfone groups is 1. The lowest BCUT2D eigenvalue weighted by atomic mass is 10.1. The van der Waals surface area contributed by atoms with Gasteiger partial charge >= 0.3 is 0 Å². The summed E-state index contributed by atoms with van der Waals surface area (Å²) in [5.41, 5.74) is 0.604. The van der Waals surface area contributed by atoms with Crippen LogP contribution in [-0.4, -0.2) is 20.9 Å². The zero-order chi connectivity index (χ0) is 17.0. The van der Waals surface area contributed by atoms with Gasteiger partial charge in [0.1, 0.15) is 9.46 Å². The maximum atomic E-state index is 12.9. The summed E-state index contributed by atoms with van der Waals surface area (Å²) in [6.45, 7) is 3.56. The second kappa shape index (κ2) is 7.47. The predicted octanol–water partition coefficient (Wildman–Crippen LogP) is 3.69. The SMILES string of the molecule is CC(C)C(=O)NC[C@@H](c1ccc(Cl)cc1)S(=O)(=O)c1cccs1. The summed E-state index contributed by atoms with van der Waals surface area (Å²) >= 11 is 7.05. The quantitative estimate of drug-likeness (QED) is 0.842. The molecule has 0 aliphatic heterocycles. The van der Waals surface area contributed by atoms with Gasteiger partial charge in [-0.05, 0) is 29.1 Å². The van der Waals surface area contributed by atoms with Crippen LogP contribution < -0.4 is 5.32 Å². The van der Waals surface area contributed by atoms with Gasteiger partial charge in [0.2, 0.25) is 5.91 Å². The number of thiophene rings is 1. The van der Waals surface area contributed by atoms with Crippen LogP contribution in [0.5, 0.6) is 0 Å². The molecule has 0 saturated carbocycles. The van der Waals surface area contributed by atoms with E-state index >= 15 is 0 Å². The molecule has 0 bridgehead atoms. The smallest absolute Gasteiger partial charge is 0.222 e. The van der Waals surface area contributed by atoms with Gasteiger partial charge in [0.25, 0.3) is 0 Å². The van der Waals surface area contributed by atoms with Crippen LogP contribution >= 0.6 is 22.9 Å². The molecular weight excluding hydrogens is 354 g/mol. The van der Waals surface area contributed by atoms with Crippen molar-refractivity contribution < 1.29 is 13.2 Å². The topological polar surface area (TPSA) is 63.2 Å². The highest BCUT2D eigenvalue weighted by molar-refractivity contribution is 7.93. The average Bonchev–Trinajstić information content (AvgIpc) is 3.03. The molecule has 7 heteroatoms. The third-order valence-electron chi connectivity index (χ3n) is 3.38. The lowest BCUT2D eigenvalue weighted by Crippen LogP contribution is -2.34. The Bertz CT molecular complexity index is 753. The van der Waals surface area contributed by atoms with Gasteiger partial charge in [0, 0.05) is 17.5 Å². The molecule has 0 saturated heterocycles. The molecule has 0 fully saturated rings. The molecule has 4 nitrogen and oxygen atoms in total. The molecule has 23 heavy (non-hydrogen) atoms. The van der Waals surface area contributed by atoms with Crippen molar-refractivity contribution in [1.82, 2.24) is 5.32 Å². The van der Waals surface area contributed by atoms with Gasteiger partial charge in [0.15, 0.2) is 9.84 Å². The Labute approximate surface area is 145 Å². The molecule has 0 radical (unpaired) electrons. The molecule has 0 unspecified atom stereocenters. The van der Waals surface area contributed by atoms with Gasteiger partial charge in [-0.2, -0.15) is 0 Å². The Hall–Kier alpha value is -1.37. The van der Waals surface area contributed by atoms with Crippen LogP contribution in [0.1, 0.15) is 24.7 Å². The van der Waals surface area contributed by atoms with Crippen molar-refractivity contribution in [1.29, 1.82) is 0 Å². The largest absolute Gasteiger partial charge is 0.354 e. The van der Waals surface area contributed by atoms with Crippen LogP contribution in [0, 0.1) is 5.92 Å². The van der Waals surface area contributed by atoms with Gasteiger partial charge in [-0.3, -0.25) is 4.79 Å². The van der Waals surface area contributed by atoms with E-state index in [1.54, 1.807) is 55.6 Å². The zero-order valence-electron chi connectivity index (χ0n) is 12.8. The molecule has 0 aliphatic carbocycles. The van der Waals surface area contributed by atoms with Crippen molar-refractivity contribution in [3.63, 3.8) is 0 Å². The molecule has 1 amide bonds. The standard InChI is InChI=1S/C16H18ClNO3S2/c1-11(2)16(19)18-10-14(12-5-7-13(17)8-6-12)23(20,21)15-4-3-9-22-15/h3-9,11,14H,10H2,1-2H3,(H,18,19)/t14-/m0/s1. The Balaban J connectivity index is 2.35. The van der Waals surface area contributed by atoms with E-state index in [4.69, 9.17) is 11.6 Å². The van der Waals surface area contributed by atoms with Gasteiger partial charge in [-0.15, -0.1) is 11.3 Å². The van der Waals surface area contributed by atoms with Crippen LogP contribution in [0.25, 0.3) is 0 Å². The van der Waals surface area contributed by atoms with E-state index in [0.717, 1.165) is 0 Å². The minimum Gasteiger partial charge on any atom is -0.354 e. The van der Waals surface area contributed by atoms with Crippen molar-refractivity contribution in [3.8, 4) is 0 Å². The summed E-state index contributed by atoms with van der Waals surface area (Å²) in [6.07, 6.45) is 0. The molecule has 0 aliphatic rings. The first-order valence-electron chi connectivity index (χ1n) is 7.13. The second-order valence-electron chi connectivity index (χ2n) is 5.42. The fourth-order valence-corrected chi connectivity index (χ4v) is 5.04. The van der Waals surface area contributed by atoms with Crippen molar-refractivity contribution in [3.05, 3.63) is 52.4 Å². The molecule has 1 aromatic heterocycles. The Morgan fingerprint density at radius 1 is 1.22 bits per heavy atom. The number of carbonyl (C=O) groups is 1. The predicted molar refractivity (Wildman–Crippen MR) is 93.5 cm³/mol. The number of carbonyl (C=O) groups excluding carboxylic acids is 1. The van der Waals surface area contributed by atoms with Crippen molar-refractivity contribution in [2.75, 3.05) is 6.54 Å². The van der Waals surface area contributed by atoms with E-state index in [9.17, 15) is 13.2 Å².